The zero-order valence-corrected chi connectivity index (χ0v) is 14.4. The number of rotatable bonds is 5. The summed E-state index contributed by atoms with van der Waals surface area (Å²) in [4.78, 5) is 24.0. The molecule has 0 spiro atoms. The van der Waals surface area contributed by atoms with Gasteiger partial charge in [-0.3, -0.25) is 9.59 Å². The third-order valence-corrected chi connectivity index (χ3v) is 3.76. The van der Waals surface area contributed by atoms with E-state index in [-0.39, 0.29) is 11.8 Å². The molecule has 24 heavy (non-hydrogen) atoms. The highest BCUT2D eigenvalue weighted by Gasteiger charge is 2.11. The van der Waals surface area contributed by atoms with Crippen molar-refractivity contribution in [1.29, 1.82) is 0 Å². The van der Waals surface area contributed by atoms with E-state index in [1.807, 2.05) is 32.0 Å². The Morgan fingerprint density at radius 1 is 1.00 bits per heavy atom. The van der Waals surface area contributed by atoms with Gasteiger partial charge in [-0.25, -0.2) is 0 Å². The van der Waals surface area contributed by atoms with Crippen molar-refractivity contribution < 1.29 is 14.3 Å². The molecule has 0 saturated heterocycles. The van der Waals surface area contributed by atoms with Crippen molar-refractivity contribution in [2.75, 3.05) is 17.7 Å². The number of hydrogen-bond acceptors (Lipinski definition) is 3. The van der Waals surface area contributed by atoms with Crippen LogP contribution in [0.1, 0.15) is 34.8 Å². The Balaban J connectivity index is 2.22. The van der Waals surface area contributed by atoms with Gasteiger partial charge in [-0.2, -0.15) is 0 Å². The lowest BCUT2D eigenvalue weighted by atomic mass is 10.1. The molecule has 5 heteroatoms. The Bertz CT molecular complexity index is 769. The minimum atomic E-state index is -0.227. The highest BCUT2D eigenvalue weighted by molar-refractivity contribution is 6.05. The van der Waals surface area contributed by atoms with Crippen molar-refractivity contribution in [2.24, 2.45) is 0 Å². The Labute approximate surface area is 142 Å². The standard InChI is InChI=1S/C19H22N2O3/c1-5-18(22)20-15-9-7-12(2)16(11-15)21-19(23)14-8-6-13(3)17(10-14)24-4/h6-11H,5H2,1-4H3,(H,20,22)(H,21,23). The summed E-state index contributed by atoms with van der Waals surface area (Å²) >= 11 is 0. The fraction of sp³-hybridized carbons (Fsp3) is 0.263. The number of benzene rings is 2. The summed E-state index contributed by atoms with van der Waals surface area (Å²) in [6, 6.07) is 10.7. The first kappa shape index (κ1) is 17.5. The average molecular weight is 326 g/mol. The topological polar surface area (TPSA) is 67.4 Å². The summed E-state index contributed by atoms with van der Waals surface area (Å²) in [5.41, 5.74) is 3.71. The van der Waals surface area contributed by atoms with Crippen molar-refractivity contribution in [1.82, 2.24) is 0 Å². The van der Waals surface area contributed by atoms with Crippen LogP contribution in [0.4, 0.5) is 11.4 Å². The molecule has 2 N–H and O–H groups in total. The molecule has 0 saturated carbocycles. The zero-order chi connectivity index (χ0) is 17.7. The predicted molar refractivity (Wildman–Crippen MR) is 95.8 cm³/mol. The fourth-order valence-electron chi connectivity index (χ4n) is 2.24. The number of ether oxygens (including phenoxy) is 1. The molecule has 0 unspecified atom stereocenters. The molecule has 5 nitrogen and oxygen atoms in total. The molecule has 0 aliphatic heterocycles. The second kappa shape index (κ2) is 7.64. The summed E-state index contributed by atoms with van der Waals surface area (Å²) in [5.74, 6) is 0.373. The molecule has 2 aromatic carbocycles. The van der Waals surface area contributed by atoms with Crippen LogP contribution in [0.25, 0.3) is 0 Å². The summed E-state index contributed by atoms with van der Waals surface area (Å²) in [6.45, 7) is 5.61. The van der Waals surface area contributed by atoms with Crippen LogP contribution < -0.4 is 15.4 Å². The maximum absolute atomic E-state index is 12.5. The van der Waals surface area contributed by atoms with Crippen LogP contribution in [0, 0.1) is 13.8 Å². The van der Waals surface area contributed by atoms with Crippen LogP contribution >= 0.6 is 0 Å². The minimum Gasteiger partial charge on any atom is -0.496 e. The summed E-state index contributed by atoms with van der Waals surface area (Å²) < 4.78 is 5.26. The molecule has 0 aliphatic rings. The SMILES string of the molecule is CCC(=O)Nc1ccc(C)c(NC(=O)c2ccc(C)c(OC)c2)c1. The van der Waals surface area contributed by atoms with E-state index in [1.54, 1.807) is 32.2 Å². The quantitative estimate of drug-likeness (QED) is 0.875. The first-order chi connectivity index (χ1) is 11.4. The van der Waals surface area contributed by atoms with Crippen LogP contribution in [-0.4, -0.2) is 18.9 Å². The first-order valence-corrected chi connectivity index (χ1v) is 7.81. The van der Waals surface area contributed by atoms with Gasteiger partial charge in [0, 0.05) is 23.4 Å². The van der Waals surface area contributed by atoms with Gasteiger partial charge in [-0.1, -0.05) is 19.1 Å². The van der Waals surface area contributed by atoms with E-state index >= 15 is 0 Å². The lowest BCUT2D eigenvalue weighted by molar-refractivity contribution is -0.115. The molecular weight excluding hydrogens is 304 g/mol. The zero-order valence-electron chi connectivity index (χ0n) is 14.4. The third-order valence-electron chi connectivity index (χ3n) is 3.76. The van der Waals surface area contributed by atoms with Gasteiger partial charge in [0.2, 0.25) is 5.91 Å². The van der Waals surface area contributed by atoms with Crippen LogP contribution in [0.3, 0.4) is 0 Å². The maximum Gasteiger partial charge on any atom is 0.255 e. The average Bonchev–Trinajstić information content (AvgIpc) is 2.58. The highest BCUT2D eigenvalue weighted by Crippen LogP contribution is 2.23. The lowest BCUT2D eigenvalue weighted by Gasteiger charge is -2.12. The van der Waals surface area contributed by atoms with Gasteiger partial charge >= 0.3 is 0 Å². The van der Waals surface area contributed by atoms with Gasteiger partial charge in [0.1, 0.15) is 5.75 Å². The van der Waals surface area contributed by atoms with Gasteiger partial charge in [0.15, 0.2) is 0 Å². The van der Waals surface area contributed by atoms with Crippen LogP contribution in [0.15, 0.2) is 36.4 Å². The number of nitrogens with one attached hydrogen (secondary N) is 2. The molecule has 2 rings (SSSR count). The van der Waals surface area contributed by atoms with Crippen molar-refractivity contribution in [2.45, 2.75) is 27.2 Å². The lowest BCUT2D eigenvalue weighted by Crippen LogP contribution is -2.14. The number of carbonyl (C=O) groups is 2. The molecule has 2 aromatic rings. The smallest absolute Gasteiger partial charge is 0.255 e. The van der Waals surface area contributed by atoms with E-state index in [9.17, 15) is 9.59 Å². The van der Waals surface area contributed by atoms with E-state index in [2.05, 4.69) is 10.6 Å². The van der Waals surface area contributed by atoms with Gasteiger partial charge in [0.25, 0.3) is 5.91 Å². The molecule has 0 heterocycles. The molecule has 0 radical (unpaired) electrons. The molecule has 2 amide bonds. The van der Waals surface area contributed by atoms with E-state index < -0.39 is 0 Å². The fourth-order valence-corrected chi connectivity index (χ4v) is 2.24. The highest BCUT2D eigenvalue weighted by atomic mass is 16.5. The maximum atomic E-state index is 12.5. The Morgan fingerprint density at radius 3 is 2.38 bits per heavy atom. The van der Waals surface area contributed by atoms with E-state index in [0.717, 1.165) is 11.1 Å². The van der Waals surface area contributed by atoms with E-state index in [4.69, 9.17) is 4.74 Å². The molecule has 0 atom stereocenters. The third kappa shape index (κ3) is 4.13. The minimum absolute atomic E-state index is 0.0700. The number of methoxy groups -OCH3 is 1. The first-order valence-electron chi connectivity index (χ1n) is 7.81. The normalized spacial score (nSPS) is 10.2. The molecule has 0 fully saturated rings. The molecule has 126 valence electrons. The number of aryl methyl sites for hydroxylation is 2. The van der Waals surface area contributed by atoms with Crippen molar-refractivity contribution in [3.63, 3.8) is 0 Å². The summed E-state index contributed by atoms with van der Waals surface area (Å²) in [7, 11) is 1.58. The molecule has 0 bridgehead atoms. The van der Waals surface area contributed by atoms with Crippen LogP contribution in [0.2, 0.25) is 0 Å². The van der Waals surface area contributed by atoms with Crippen molar-refractivity contribution in [3.05, 3.63) is 53.1 Å². The van der Waals surface area contributed by atoms with Gasteiger partial charge in [0.05, 0.1) is 7.11 Å². The number of carbonyl (C=O) groups excluding carboxylic acids is 2. The second-order valence-electron chi connectivity index (χ2n) is 5.57. The largest absolute Gasteiger partial charge is 0.496 e. The van der Waals surface area contributed by atoms with Crippen molar-refractivity contribution in [3.8, 4) is 5.75 Å². The number of hydrogen-bond donors (Lipinski definition) is 2. The van der Waals surface area contributed by atoms with Gasteiger partial charge in [-0.05, 0) is 49.2 Å². The molecular formula is C19H22N2O3. The Kier molecular flexibility index (Phi) is 5.58. The second-order valence-corrected chi connectivity index (χ2v) is 5.57. The van der Waals surface area contributed by atoms with Gasteiger partial charge < -0.3 is 15.4 Å². The van der Waals surface area contributed by atoms with E-state index in [1.165, 1.54) is 0 Å². The van der Waals surface area contributed by atoms with Gasteiger partial charge in [-0.15, -0.1) is 0 Å². The number of anilines is 2. The van der Waals surface area contributed by atoms with E-state index in [0.29, 0.717) is 29.1 Å². The van der Waals surface area contributed by atoms with Crippen molar-refractivity contribution >= 4 is 23.2 Å². The van der Waals surface area contributed by atoms with Crippen LogP contribution in [-0.2, 0) is 4.79 Å². The summed E-state index contributed by atoms with van der Waals surface area (Å²) in [5, 5.41) is 5.67. The summed E-state index contributed by atoms with van der Waals surface area (Å²) in [6.07, 6.45) is 0.402. The van der Waals surface area contributed by atoms with Crippen LogP contribution in [0.5, 0.6) is 5.75 Å². The monoisotopic (exact) mass is 326 g/mol. The Hall–Kier alpha value is -2.82. The Morgan fingerprint density at radius 2 is 1.71 bits per heavy atom. The molecule has 0 aliphatic carbocycles. The molecule has 0 aromatic heterocycles. The predicted octanol–water partition coefficient (Wildman–Crippen LogP) is 3.91. The number of amides is 2.